The molecule has 0 spiro atoms. The van der Waals surface area contributed by atoms with Crippen LogP contribution in [0.5, 0.6) is 5.75 Å². The van der Waals surface area contributed by atoms with Crippen molar-refractivity contribution in [2.75, 3.05) is 27.2 Å². The zero-order chi connectivity index (χ0) is 13.8. The van der Waals surface area contributed by atoms with Gasteiger partial charge in [-0.05, 0) is 26.4 Å². The Hall–Kier alpha value is -1.58. The number of nitrogens with zero attached hydrogens (tertiary/aromatic N) is 1. The molecule has 0 aliphatic heterocycles. The molecule has 3 nitrogen and oxygen atoms in total. The number of fused-ring (bicyclic) bond motifs is 1. The van der Waals surface area contributed by atoms with E-state index in [-0.39, 0.29) is 0 Å². The van der Waals surface area contributed by atoms with Crippen LogP contribution in [0.4, 0.5) is 0 Å². The molecule has 2 rings (SSSR count). The van der Waals surface area contributed by atoms with Gasteiger partial charge in [-0.25, -0.2) is 0 Å². The largest absolute Gasteiger partial charge is 0.491 e. The van der Waals surface area contributed by atoms with Gasteiger partial charge in [-0.15, -0.1) is 0 Å². The van der Waals surface area contributed by atoms with Crippen molar-refractivity contribution in [3.63, 3.8) is 0 Å². The molecule has 1 unspecified atom stereocenters. The predicted molar refractivity (Wildman–Crippen MR) is 78.6 cm³/mol. The Morgan fingerprint density at radius 2 is 1.89 bits per heavy atom. The summed E-state index contributed by atoms with van der Waals surface area (Å²) in [7, 11) is 4.03. The highest BCUT2D eigenvalue weighted by Gasteiger charge is 2.12. The molecule has 2 aromatic rings. The van der Waals surface area contributed by atoms with Crippen LogP contribution in [0.3, 0.4) is 0 Å². The Balaban J connectivity index is 2.38. The van der Waals surface area contributed by atoms with E-state index in [9.17, 15) is 5.11 Å². The summed E-state index contributed by atoms with van der Waals surface area (Å²) in [4.78, 5) is 2.08. The van der Waals surface area contributed by atoms with Crippen LogP contribution in [0.1, 0.15) is 18.6 Å². The molecule has 102 valence electrons. The fraction of sp³-hybridized carbons (Fsp3) is 0.375. The van der Waals surface area contributed by atoms with Gasteiger partial charge < -0.3 is 14.7 Å². The van der Waals surface area contributed by atoms with Crippen LogP contribution in [0.25, 0.3) is 10.8 Å². The first-order valence-corrected chi connectivity index (χ1v) is 6.57. The van der Waals surface area contributed by atoms with Crippen LogP contribution in [-0.4, -0.2) is 37.3 Å². The summed E-state index contributed by atoms with van der Waals surface area (Å²) in [6, 6.07) is 12.1. The molecule has 0 saturated carbocycles. The van der Waals surface area contributed by atoms with Crippen molar-refractivity contribution >= 4 is 10.8 Å². The Labute approximate surface area is 114 Å². The average molecular weight is 259 g/mol. The molecule has 0 aromatic heterocycles. The molecule has 1 atom stereocenters. The lowest BCUT2D eigenvalue weighted by Gasteiger charge is -2.17. The molecule has 0 heterocycles. The number of aliphatic hydroxyl groups is 1. The Morgan fingerprint density at radius 1 is 1.16 bits per heavy atom. The molecular formula is C16H21NO2. The summed E-state index contributed by atoms with van der Waals surface area (Å²) in [6.45, 7) is 3.23. The zero-order valence-electron chi connectivity index (χ0n) is 11.8. The minimum absolute atomic E-state index is 0.529. The Kier molecular flexibility index (Phi) is 4.40. The van der Waals surface area contributed by atoms with Gasteiger partial charge in [0.25, 0.3) is 0 Å². The highest BCUT2D eigenvalue weighted by Crippen LogP contribution is 2.33. The van der Waals surface area contributed by atoms with Crippen LogP contribution in [0.2, 0.25) is 0 Å². The molecule has 1 N–H and O–H groups in total. The molecule has 2 aromatic carbocycles. The van der Waals surface area contributed by atoms with E-state index in [2.05, 4.69) is 11.0 Å². The zero-order valence-corrected chi connectivity index (χ0v) is 11.8. The van der Waals surface area contributed by atoms with E-state index in [1.54, 1.807) is 6.92 Å². The van der Waals surface area contributed by atoms with Crippen molar-refractivity contribution < 1.29 is 9.84 Å². The lowest BCUT2D eigenvalue weighted by atomic mass is 10.0. The van der Waals surface area contributed by atoms with Crippen LogP contribution >= 0.6 is 0 Å². The SMILES string of the molecule is CC(O)c1ccc2ccccc2c1OCCN(C)C. The summed E-state index contributed by atoms with van der Waals surface area (Å²) in [5, 5.41) is 12.1. The summed E-state index contributed by atoms with van der Waals surface area (Å²) in [5.41, 5.74) is 0.845. The normalized spacial score (nSPS) is 12.9. The van der Waals surface area contributed by atoms with Gasteiger partial charge in [-0.2, -0.15) is 0 Å². The van der Waals surface area contributed by atoms with Crippen molar-refractivity contribution in [3.05, 3.63) is 42.0 Å². The first-order valence-electron chi connectivity index (χ1n) is 6.57. The number of benzene rings is 2. The van der Waals surface area contributed by atoms with Gasteiger partial charge >= 0.3 is 0 Å². The van der Waals surface area contributed by atoms with Crippen LogP contribution in [-0.2, 0) is 0 Å². The second-order valence-electron chi connectivity index (χ2n) is 5.03. The molecule has 19 heavy (non-hydrogen) atoms. The summed E-state index contributed by atoms with van der Waals surface area (Å²) in [6.07, 6.45) is -0.529. The van der Waals surface area contributed by atoms with E-state index in [1.165, 1.54) is 0 Å². The topological polar surface area (TPSA) is 32.7 Å². The highest BCUT2D eigenvalue weighted by molar-refractivity contribution is 5.89. The Morgan fingerprint density at radius 3 is 2.58 bits per heavy atom. The fourth-order valence-corrected chi connectivity index (χ4v) is 2.08. The van der Waals surface area contributed by atoms with Crippen LogP contribution in [0.15, 0.2) is 36.4 Å². The summed E-state index contributed by atoms with van der Waals surface area (Å²) in [5.74, 6) is 0.801. The van der Waals surface area contributed by atoms with E-state index < -0.39 is 6.10 Å². The maximum Gasteiger partial charge on any atom is 0.132 e. The third-order valence-electron chi connectivity index (χ3n) is 3.15. The highest BCUT2D eigenvalue weighted by atomic mass is 16.5. The number of hydrogen-bond acceptors (Lipinski definition) is 3. The number of ether oxygens (including phenoxy) is 1. The van der Waals surface area contributed by atoms with E-state index in [1.807, 2.05) is 44.4 Å². The van der Waals surface area contributed by atoms with E-state index >= 15 is 0 Å². The fourth-order valence-electron chi connectivity index (χ4n) is 2.08. The average Bonchev–Trinajstić information content (AvgIpc) is 2.38. The van der Waals surface area contributed by atoms with E-state index in [4.69, 9.17) is 4.74 Å². The molecule has 0 radical (unpaired) electrons. The Bertz CT molecular complexity index is 549. The molecule has 0 aliphatic carbocycles. The predicted octanol–water partition coefficient (Wildman–Crippen LogP) is 2.83. The molecule has 0 bridgehead atoms. The standard InChI is InChI=1S/C16H21NO2/c1-12(18)14-9-8-13-6-4-5-7-15(13)16(14)19-11-10-17(2)3/h4-9,12,18H,10-11H2,1-3H3. The number of aliphatic hydroxyl groups excluding tert-OH is 1. The van der Waals surface area contributed by atoms with Gasteiger partial charge in [-0.1, -0.05) is 36.4 Å². The molecule has 0 saturated heterocycles. The second kappa shape index (κ2) is 6.04. The number of rotatable bonds is 5. The smallest absolute Gasteiger partial charge is 0.132 e. The molecule has 0 amide bonds. The van der Waals surface area contributed by atoms with Crippen molar-refractivity contribution in [1.29, 1.82) is 0 Å². The molecule has 0 fully saturated rings. The monoisotopic (exact) mass is 259 g/mol. The van der Waals surface area contributed by atoms with Gasteiger partial charge in [0.2, 0.25) is 0 Å². The summed E-state index contributed by atoms with van der Waals surface area (Å²) >= 11 is 0. The number of hydrogen-bond donors (Lipinski definition) is 1. The molecule has 3 heteroatoms. The van der Waals surface area contributed by atoms with Crippen molar-refractivity contribution in [3.8, 4) is 5.75 Å². The van der Waals surface area contributed by atoms with Crippen LogP contribution < -0.4 is 4.74 Å². The molecule has 0 aliphatic rings. The van der Waals surface area contributed by atoms with Gasteiger partial charge in [0.05, 0.1) is 6.10 Å². The van der Waals surface area contributed by atoms with Crippen molar-refractivity contribution in [1.82, 2.24) is 4.90 Å². The van der Waals surface area contributed by atoms with Gasteiger partial charge in [0, 0.05) is 17.5 Å². The summed E-state index contributed by atoms with van der Waals surface area (Å²) < 4.78 is 5.92. The second-order valence-corrected chi connectivity index (χ2v) is 5.03. The van der Waals surface area contributed by atoms with Crippen LogP contribution in [0, 0.1) is 0 Å². The van der Waals surface area contributed by atoms with Gasteiger partial charge in [0.15, 0.2) is 0 Å². The van der Waals surface area contributed by atoms with E-state index in [0.29, 0.717) is 6.61 Å². The first-order chi connectivity index (χ1) is 9.09. The lowest BCUT2D eigenvalue weighted by molar-refractivity contribution is 0.189. The van der Waals surface area contributed by atoms with Crippen molar-refractivity contribution in [2.24, 2.45) is 0 Å². The number of likely N-dealkylation sites (N-methyl/N-ethyl adjacent to an activating group) is 1. The van der Waals surface area contributed by atoms with Gasteiger partial charge in [0.1, 0.15) is 12.4 Å². The lowest BCUT2D eigenvalue weighted by Crippen LogP contribution is -2.20. The quantitative estimate of drug-likeness (QED) is 0.896. The maximum atomic E-state index is 9.88. The first kappa shape index (κ1) is 13.8. The third kappa shape index (κ3) is 3.25. The minimum Gasteiger partial charge on any atom is -0.491 e. The van der Waals surface area contributed by atoms with Crippen molar-refractivity contribution in [2.45, 2.75) is 13.0 Å². The third-order valence-corrected chi connectivity index (χ3v) is 3.15. The molecular weight excluding hydrogens is 238 g/mol. The van der Waals surface area contributed by atoms with E-state index in [0.717, 1.165) is 28.6 Å². The maximum absolute atomic E-state index is 9.88. The van der Waals surface area contributed by atoms with Gasteiger partial charge in [-0.3, -0.25) is 0 Å². The minimum atomic E-state index is -0.529.